The molecule has 1 amide bonds. The van der Waals surface area contributed by atoms with Gasteiger partial charge in [-0.3, -0.25) is 0 Å². The van der Waals surface area contributed by atoms with Crippen molar-refractivity contribution in [2.24, 2.45) is 5.73 Å². The zero-order chi connectivity index (χ0) is 23.2. The summed E-state index contributed by atoms with van der Waals surface area (Å²) in [6.45, 7) is 8.29. The van der Waals surface area contributed by atoms with Crippen LogP contribution in [0.3, 0.4) is 0 Å². The minimum Gasteiger partial charge on any atom is -0.465 e. The number of rotatable bonds is 8. The van der Waals surface area contributed by atoms with Crippen LogP contribution in [-0.4, -0.2) is 62.9 Å². The molecule has 3 N–H and O–H groups in total. The Balaban J connectivity index is 1.92. The first kappa shape index (κ1) is 24.4. The summed E-state index contributed by atoms with van der Waals surface area (Å²) in [5.74, 6) is 0. The smallest absolute Gasteiger partial charge is 0.407 e. The minimum atomic E-state index is -2.70. The lowest BCUT2D eigenvalue weighted by atomic mass is 10.1. The first-order valence-corrected chi connectivity index (χ1v) is 13.3. The molecule has 0 radical (unpaired) electrons. The number of carbonyl (C=O) groups is 1. The highest BCUT2D eigenvalue weighted by Gasteiger charge is 2.50. The van der Waals surface area contributed by atoms with E-state index in [1.165, 1.54) is 15.3 Å². The highest BCUT2D eigenvalue weighted by molar-refractivity contribution is 6.99. The van der Waals surface area contributed by atoms with Crippen molar-refractivity contribution in [1.82, 2.24) is 4.90 Å². The van der Waals surface area contributed by atoms with E-state index in [-0.39, 0.29) is 17.2 Å². The maximum absolute atomic E-state index is 11.7. The SMILES string of the molecule is CC(C)(C)[Si](OC[C@@H]1CN(C(=O)O)CC(CCCN)O1)(c1ccccc1)c1ccccc1. The van der Waals surface area contributed by atoms with Gasteiger partial charge in [0.15, 0.2) is 0 Å². The fourth-order valence-electron chi connectivity index (χ4n) is 4.66. The van der Waals surface area contributed by atoms with Gasteiger partial charge in [-0.15, -0.1) is 0 Å². The molecule has 0 aromatic heterocycles. The molecule has 32 heavy (non-hydrogen) atoms. The Morgan fingerprint density at radius 1 is 1.06 bits per heavy atom. The molecule has 3 rings (SSSR count). The van der Waals surface area contributed by atoms with E-state index in [0.717, 1.165) is 12.8 Å². The summed E-state index contributed by atoms with van der Waals surface area (Å²) in [5, 5.41) is 11.9. The first-order chi connectivity index (χ1) is 15.3. The van der Waals surface area contributed by atoms with E-state index in [9.17, 15) is 9.90 Å². The van der Waals surface area contributed by atoms with Crippen molar-refractivity contribution in [3.8, 4) is 0 Å². The molecule has 1 aliphatic rings. The van der Waals surface area contributed by atoms with Crippen LogP contribution in [0.25, 0.3) is 0 Å². The molecule has 1 aliphatic heterocycles. The van der Waals surface area contributed by atoms with Gasteiger partial charge >= 0.3 is 6.09 Å². The predicted molar refractivity (Wildman–Crippen MR) is 130 cm³/mol. The zero-order valence-corrected chi connectivity index (χ0v) is 20.4. The van der Waals surface area contributed by atoms with Crippen LogP contribution in [0.5, 0.6) is 0 Å². The number of ether oxygens (including phenoxy) is 1. The van der Waals surface area contributed by atoms with E-state index >= 15 is 0 Å². The normalized spacial score (nSPS) is 19.7. The van der Waals surface area contributed by atoms with Crippen molar-refractivity contribution >= 4 is 24.8 Å². The van der Waals surface area contributed by atoms with Crippen LogP contribution in [0.1, 0.15) is 33.6 Å². The minimum absolute atomic E-state index is 0.143. The number of amides is 1. The third-order valence-corrected chi connectivity index (χ3v) is 11.1. The van der Waals surface area contributed by atoms with Crippen LogP contribution in [0.15, 0.2) is 60.7 Å². The fourth-order valence-corrected chi connectivity index (χ4v) is 9.25. The van der Waals surface area contributed by atoms with Gasteiger partial charge in [0.2, 0.25) is 0 Å². The van der Waals surface area contributed by atoms with Crippen LogP contribution in [-0.2, 0) is 9.16 Å². The summed E-state index contributed by atoms with van der Waals surface area (Å²) < 4.78 is 13.2. The van der Waals surface area contributed by atoms with Gasteiger partial charge in [0.05, 0.1) is 31.9 Å². The third-order valence-electron chi connectivity index (χ3n) is 6.14. The van der Waals surface area contributed by atoms with Crippen LogP contribution < -0.4 is 16.1 Å². The van der Waals surface area contributed by atoms with Crippen LogP contribution in [0, 0.1) is 0 Å². The van der Waals surface area contributed by atoms with Gasteiger partial charge in [-0.25, -0.2) is 4.79 Å². The van der Waals surface area contributed by atoms with Crippen LogP contribution in [0.2, 0.25) is 5.04 Å². The van der Waals surface area contributed by atoms with E-state index in [0.29, 0.717) is 26.2 Å². The molecule has 0 bridgehead atoms. The van der Waals surface area contributed by atoms with Gasteiger partial charge < -0.3 is 24.9 Å². The summed E-state index contributed by atoms with van der Waals surface area (Å²) in [5.41, 5.74) is 5.66. The number of hydrogen-bond donors (Lipinski definition) is 2. The molecule has 1 unspecified atom stereocenters. The summed E-state index contributed by atoms with van der Waals surface area (Å²) in [6, 6.07) is 20.9. The third kappa shape index (κ3) is 5.40. The monoisotopic (exact) mass is 456 g/mol. The molecule has 0 aliphatic carbocycles. The van der Waals surface area contributed by atoms with Gasteiger partial charge in [0, 0.05) is 0 Å². The second-order valence-corrected chi connectivity index (χ2v) is 13.8. The van der Waals surface area contributed by atoms with Crippen molar-refractivity contribution in [3.05, 3.63) is 60.7 Å². The van der Waals surface area contributed by atoms with Gasteiger partial charge in [-0.05, 0) is 34.8 Å². The number of morpholine rings is 1. The first-order valence-electron chi connectivity index (χ1n) is 11.4. The molecule has 2 aromatic carbocycles. The van der Waals surface area contributed by atoms with Crippen LogP contribution >= 0.6 is 0 Å². The van der Waals surface area contributed by atoms with Crippen molar-refractivity contribution < 1.29 is 19.1 Å². The van der Waals surface area contributed by atoms with Crippen LogP contribution in [0.4, 0.5) is 4.79 Å². The Morgan fingerprint density at radius 3 is 2.06 bits per heavy atom. The highest BCUT2D eigenvalue weighted by atomic mass is 28.4. The summed E-state index contributed by atoms with van der Waals surface area (Å²) in [4.78, 5) is 13.2. The van der Waals surface area contributed by atoms with E-state index in [1.54, 1.807) is 0 Å². The second kappa shape index (κ2) is 10.6. The summed E-state index contributed by atoms with van der Waals surface area (Å²) >= 11 is 0. The maximum atomic E-state index is 11.7. The Kier molecular flexibility index (Phi) is 8.11. The molecule has 1 saturated heterocycles. The molecule has 6 nitrogen and oxygen atoms in total. The van der Waals surface area contributed by atoms with Crippen molar-refractivity contribution in [2.45, 2.75) is 50.9 Å². The lowest BCUT2D eigenvalue weighted by Gasteiger charge is -2.45. The molecular weight excluding hydrogens is 420 g/mol. The molecule has 2 atom stereocenters. The Labute approximate surface area is 192 Å². The Bertz CT molecular complexity index is 818. The standard InChI is InChI=1S/C25H36N2O4Si/c1-25(2,3)32(22-12-6-4-7-13-22,23-14-8-5-9-15-23)30-19-21-18-27(24(28)29)17-20(31-21)11-10-16-26/h4-9,12-15,20-21H,10-11,16-19,26H2,1-3H3,(H,28,29)/t20?,21-/m0/s1. The average Bonchev–Trinajstić information content (AvgIpc) is 2.78. The largest absolute Gasteiger partial charge is 0.465 e. The topological polar surface area (TPSA) is 85.0 Å². The van der Waals surface area contributed by atoms with Crippen molar-refractivity contribution in [2.75, 3.05) is 26.2 Å². The number of nitrogens with two attached hydrogens (primary N) is 1. The summed E-state index contributed by atoms with van der Waals surface area (Å²) in [6.07, 6.45) is 0.165. The van der Waals surface area contributed by atoms with E-state index < -0.39 is 14.4 Å². The van der Waals surface area contributed by atoms with E-state index in [2.05, 4.69) is 69.3 Å². The van der Waals surface area contributed by atoms with Gasteiger partial charge in [0.25, 0.3) is 8.32 Å². The molecule has 1 fully saturated rings. The fraction of sp³-hybridized carbons (Fsp3) is 0.480. The molecular formula is C25H36N2O4Si. The quantitative estimate of drug-likeness (QED) is 0.597. The molecule has 0 spiro atoms. The second-order valence-electron chi connectivity index (χ2n) is 9.47. The summed E-state index contributed by atoms with van der Waals surface area (Å²) in [7, 11) is -2.70. The lowest BCUT2D eigenvalue weighted by Crippen LogP contribution is -2.67. The maximum Gasteiger partial charge on any atom is 0.407 e. The molecule has 2 aromatic rings. The average molecular weight is 457 g/mol. The number of nitrogens with zero attached hydrogens (tertiary/aromatic N) is 1. The van der Waals surface area contributed by atoms with Gasteiger partial charge in [-0.1, -0.05) is 81.4 Å². The number of benzene rings is 2. The zero-order valence-electron chi connectivity index (χ0n) is 19.4. The van der Waals surface area contributed by atoms with E-state index in [4.69, 9.17) is 14.9 Å². The van der Waals surface area contributed by atoms with E-state index in [1.807, 2.05) is 12.1 Å². The van der Waals surface area contributed by atoms with Crippen molar-refractivity contribution in [3.63, 3.8) is 0 Å². The predicted octanol–water partition coefficient (Wildman–Crippen LogP) is 3.05. The Morgan fingerprint density at radius 2 is 1.59 bits per heavy atom. The molecule has 1 heterocycles. The lowest BCUT2D eigenvalue weighted by molar-refractivity contribution is -0.0954. The molecule has 174 valence electrons. The number of carboxylic acid groups (broad SMARTS) is 1. The molecule has 7 heteroatoms. The molecule has 0 saturated carbocycles. The number of hydrogen-bond acceptors (Lipinski definition) is 4. The Hall–Kier alpha value is -2.19. The van der Waals surface area contributed by atoms with Crippen molar-refractivity contribution in [1.29, 1.82) is 0 Å². The highest BCUT2D eigenvalue weighted by Crippen LogP contribution is 2.37. The van der Waals surface area contributed by atoms with Gasteiger partial charge in [-0.2, -0.15) is 0 Å². The van der Waals surface area contributed by atoms with Gasteiger partial charge in [0.1, 0.15) is 0 Å².